The molecule has 1 aliphatic carbocycles. The minimum absolute atomic E-state index is 0.103. The van der Waals surface area contributed by atoms with Crippen molar-refractivity contribution < 1.29 is 9.53 Å². The SMILES string of the molecule is COc1cccc(CCNc2cc(C(=O)NC3CCCCCC3)nc(C)n2)c1. The second-order valence-corrected chi connectivity index (χ2v) is 7.38. The number of nitrogens with one attached hydrogen (secondary N) is 2. The third kappa shape index (κ3) is 5.94. The molecule has 28 heavy (non-hydrogen) atoms. The van der Waals surface area contributed by atoms with Crippen molar-refractivity contribution in [2.75, 3.05) is 19.0 Å². The Bertz CT molecular complexity index is 786. The van der Waals surface area contributed by atoms with Crippen LogP contribution in [0.15, 0.2) is 30.3 Å². The number of aryl methyl sites for hydroxylation is 1. The van der Waals surface area contributed by atoms with Gasteiger partial charge in [-0.25, -0.2) is 9.97 Å². The van der Waals surface area contributed by atoms with Crippen LogP contribution in [-0.2, 0) is 6.42 Å². The summed E-state index contributed by atoms with van der Waals surface area (Å²) in [5.41, 5.74) is 1.62. The number of hydrogen-bond acceptors (Lipinski definition) is 5. The number of ether oxygens (including phenoxy) is 1. The standard InChI is InChI=1S/C22H30N4O2/c1-16-24-20(22(27)26-18-9-5-3-4-6-10-18)15-21(25-16)23-13-12-17-8-7-11-19(14-17)28-2/h7-8,11,14-15,18H,3-6,9-10,12-13H2,1-2H3,(H,26,27)(H,23,24,25). The van der Waals surface area contributed by atoms with E-state index < -0.39 is 0 Å². The molecule has 1 fully saturated rings. The van der Waals surface area contributed by atoms with Crippen molar-refractivity contribution in [3.8, 4) is 5.75 Å². The van der Waals surface area contributed by atoms with Crippen LogP contribution in [0, 0.1) is 6.92 Å². The summed E-state index contributed by atoms with van der Waals surface area (Å²) in [6.45, 7) is 2.53. The van der Waals surface area contributed by atoms with Crippen LogP contribution in [0.25, 0.3) is 0 Å². The summed E-state index contributed by atoms with van der Waals surface area (Å²) in [5.74, 6) is 2.03. The molecule has 0 unspecified atom stereocenters. The van der Waals surface area contributed by atoms with E-state index in [0.717, 1.165) is 25.0 Å². The van der Waals surface area contributed by atoms with Crippen molar-refractivity contribution in [2.45, 2.75) is 57.9 Å². The Labute approximate surface area is 167 Å². The van der Waals surface area contributed by atoms with Crippen LogP contribution in [0.3, 0.4) is 0 Å². The number of nitrogens with zero attached hydrogens (tertiary/aromatic N) is 2. The molecule has 6 nitrogen and oxygen atoms in total. The number of rotatable bonds is 7. The molecule has 0 spiro atoms. The van der Waals surface area contributed by atoms with Gasteiger partial charge in [0, 0.05) is 18.7 Å². The van der Waals surface area contributed by atoms with Crippen LogP contribution in [-0.4, -0.2) is 35.6 Å². The molecule has 0 atom stereocenters. The fraction of sp³-hybridized carbons (Fsp3) is 0.500. The quantitative estimate of drug-likeness (QED) is 0.710. The highest BCUT2D eigenvalue weighted by molar-refractivity contribution is 5.93. The Morgan fingerprint density at radius 2 is 1.93 bits per heavy atom. The highest BCUT2D eigenvalue weighted by atomic mass is 16.5. The number of carbonyl (C=O) groups excluding carboxylic acids is 1. The van der Waals surface area contributed by atoms with Gasteiger partial charge in [-0.05, 0) is 43.9 Å². The maximum absolute atomic E-state index is 12.7. The van der Waals surface area contributed by atoms with E-state index >= 15 is 0 Å². The smallest absolute Gasteiger partial charge is 0.270 e. The molecule has 150 valence electrons. The van der Waals surface area contributed by atoms with Gasteiger partial charge in [0.15, 0.2) is 0 Å². The Kier molecular flexibility index (Phi) is 7.23. The highest BCUT2D eigenvalue weighted by Crippen LogP contribution is 2.18. The van der Waals surface area contributed by atoms with Crippen LogP contribution in [0.1, 0.15) is 60.4 Å². The van der Waals surface area contributed by atoms with E-state index in [4.69, 9.17) is 4.74 Å². The van der Waals surface area contributed by atoms with E-state index in [9.17, 15) is 4.79 Å². The van der Waals surface area contributed by atoms with Gasteiger partial charge in [0.1, 0.15) is 23.1 Å². The molecular weight excluding hydrogens is 352 g/mol. The summed E-state index contributed by atoms with van der Waals surface area (Å²) in [6.07, 6.45) is 7.85. The summed E-state index contributed by atoms with van der Waals surface area (Å²) >= 11 is 0. The zero-order valence-corrected chi connectivity index (χ0v) is 16.8. The van der Waals surface area contributed by atoms with E-state index in [1.165, 1.54) is 31.2 Å². The third-order valence-corrected chi connectivity index (χ3v) is 5.11. The van der Waals surface area contributed by atoms with Crippen molar-refractivity contribution in [1.82, 2.24) is 15.3 Å². The minimum Gasteiger partial charge on any atom is -0.497 e. The second kappa shape index (κ2) is 10.1. The number of amides is 1. The van der Waals surface area contributed by atoms with Crippen molar-refractivity contribution in [2.24, 2.45) is 0 Å². The van der Waals surface area contributed by atoms with Crippen LogP contribution in [0.4, 0.5) is 5.82 Å². The maximum Gasteiger partial charge on any atom is 0.270 e. The molecule has 1 aliphatic rings. The van der Waals surface area contributed by atoms with Gasteiger partial charge in [-0.2, -0.15) is 0 Å². The second-order valence-electron chi connectivity index (χ2n) is 7.38. The maximum atomic E-state index is 12.7. The number of anilines is 1. The number of methoxy groups -OCH3 is 1. The Morgan fingerprint density at radius 1 is 1.14 bits per heavy atom. The first-order chi connectivity index (χ1) is 13.6. The molecule has 1 aromatic heterocycles. The minimum atomic E-state index is -0.103. The van der Waals surface area contributed by atoms with Crippen LogP contribution >= 0.6 is 0 Å². The van der Waals surface area contributed by atoms with E-state index in [0.29, 0.717) is 23.9 Å². The molecule has 0 saturated heterocycles. The third-order valence-electron chi connectivity index (χ3n) is 5.11. The number of carbonyl (C=O) groups is 1. The van der Waals surface area contributed by atoms with Crippen LogP contribution in [0.2, 0.25) is 0 Å². The van der Waals surface area contributed by atoms with Gasteiger partial charge < -0.3 is 15.4 Å². The molecule has 3 rings (SSSR count). The largest absolute Gasteiger partial charge is 0.497 e. The van der Waals surface area contributed by atoms with Gasteiger partial charge >= 0.3 is 0 Å². The molecule has 1 aromatic carbocycles. The van der Waals surface area contributed by atoms with E-state index in [-0.39, 0.29) is 11.9 Å². The van der Waals surface area contributed by atoms with Gasteiger partial charge in [-0.3, -0.25) is 4.79 Å². The Hall–Kier alpha value is -2.63. The zero-order chi connectivity index (χ0) is 19.8. The summed E-state index contributed by atoms with van der Waals surface area (Å²) in [7, 11) is 1.67. The van der Waals surface area contributed by atoms with Gasteiger partial charge in [-0.1, -0.05) is 37.8 Å². The van der Waals surface area contributed by atoms with Crippen molar-refractivity contribution in [1.29, 1.82) is 0 Å². The van der Waals surface area contributed by atoms with Gasteiger partial charge in [0.25, 0.3) is 5.91 Å². The molecule has 0 bridgehead atoms. The lowest BCUT2D eigenvalue weighted by molar-refractivity contribution is 0.0928. The first kappa shape index (κ1) is 20.1. The first-order valence-corrected chi connectivity index (χ1v) is 10.2. The van der Waals surface area contributed by atoms with Crippen molar-refractivity contribution in [3.05, 3.63) is 47.4 Å². The van der Waals surface area contributed by atoms with Gasteiger partial charge in [0.05, 0.1) is 7.11 Å². The first-order valence-electron chi connectivity index (χ1n) is 10.2. The molecular formula is C22H30N4O2. The van der Waals surface area contributed by atoms with Gasteiger partial charge in [-0.15, -0.1) is 0 Å². The molecule has 0 radical (unpaired) electrons. The average Bonchev–Trinajstić information content (AvgIpc) is 2.96. The predicted octanol–water partition coefficient (Wildman–Crippen LogP) is 3.90. The highest BCUT2D eigenvalue weighted by Gasteiger charge is 2.17. The van der Waals surface area contributed by atoms with Crippen molar-refractivity contribution in [3.63, 3.8) is 0 Å². The average molecular weight is 383 g/mol. The molecule has 1 saturated carbocycles. The Balaban J connectivity index is 1.58. The fourth-order valence-electron chi connectivity index (χ4n) is 3.62. The lowest BCUT2D eigenvalue weighted by Gasteiger charge is -2.16. The van der Waals surface area contributed by atoms with E-state index in [1.54, 1.807) is 13.2 Å². The monoisotopic (exact) mass is 382 g/mol. The lowest BCUT2D eigenvalue weighted by atomic mass is 10.1. The molecule has 6 heteroatoms. The van der Waals surface area contributed by atoms with E-state index in [2.05, 4.69) is 26.7 Å². The summed E-state index contributed by atoms with van der Waals surface area (Å²) < 4.78 is 5.26. The van der Waals surface area contributed by atoms with Crippen LogP contribution in [0.5, 0.6) is 5.75 Å². The van der Waals surface area contributed by atoms with Crippen molar-refractivity contribution >= 4 is 11.7 Å². The molecule has 1 amide bonds. The lowest BCUT2D eigenvalue weighted by Crippen LogP contribution is -2.35. The number of aromatic nitrogens is 2. The molecule has 2 aromatic rings. The fourth-order valence-corrected chi connectivity index (χ4v) is 3.62. The molecule has 1 heterocycles. The topological polar surface area (TPSA) is 76.1 Å². The normalized spacial score (nSPS) is 14.9. The zero-order valence-electron chi connectivity index (χ0n) is 16.8. The predicted molar refractivity (Wildman–Crippen MR) is 111 cm³/mol. The molecule has 2 N–H and O–H groups in total. The molecule has 0 aliphatic heterocycles. The number of benzene rings is 1. The number of hydrogen-bond donors (Lipinski definition) is 2. The summed E-state index contributed by atoms with van der Waals surface area (Å²) in [6, 6.07) is 10.0. The van der Waals surface area contributed by atoms with E-state index in [1.807, 2.05) is 25.1 Å². The summed E-state index contributed by atoms with van der Waals surface area (Å²) in [4.78, 5) is 21.4. The summed E-state index contributed by atoms with van der Waals surface area (Å²) in [5, 5.41) is 6.46. The van der Waals surface area contributed by atoms with Crippen LogP contribution < -0.4 is 15.4 Å². The van der Waals surface area contributed by atoms with Gasteiger partial charge in [0.2, 0.25) is 0 Å². The Morgan fingerprint density at radius 3 is 2.68 bits per heavy atom.